The van der Waals surface area contributed by atoms with Crippen LogP contribution in [-0.4, -0.2) is 30.8 Å². The molecule has 0 aliphatic carbocycles. The maximum Gasteiger partial charge on any atom is 0.326 e. The average Bonchev–Trinajstić information content (AvgIpc) is 2.65. The smallest absolute Gasteiger partial charge is 0.326 e. The number of rotatable bonds is 5. The monoisotopic (exact) mass is 295 g/mol. The van der Waals surface area contributed by atoms with Gasteiger partial charge in [0.25, 0.3) is 11.7 Å². The maximum atomic E-state index is 11.9. The maximum absolute atomic E-state index is 11.9. The van der Waals surface area contributed by atoms with Gasteiger partial charge in [0.05, 0.1) is 22.9 Å². The van der Waals surface area contributed by atoms with Crippen LogP contribution in [0.3, 0.4) is 0 Å². The minimum atomic E-state index is -0.749. The SMILES string of the molecule is CCCCOC(=O)CN1C(=O)C(=O)c2c(Cl)cccc21. The first-order valence-electron chi connectivity index (χ1n) is 6.36. The van der Waals surface area contributed by atoms with Crippen molar-refractivity contribution < 1.29 is 19.1 Å². The van der Waals surface area contributed by atoms with Gasteiger partial charge in [0, 0.05) is 0 Å². The van der Waals surface area contributed by atoms with Crippen molar-refractivity contribution in [2.75, 3.05) is 18.1 Å². The molecule has 5 nitrogen and oxygen atoms in total. The average molecular weight is 296 g/mol. The summed E-state index contributed by atoms with van der Waals surface area (Å²) in [5.74, 6) is -1.97. The summed E-state index contributed by atoms with van der Waals surface area (Å²) < 4.78 is 5.00. The van der Waals surface area contributed by atoms with Crippen molar-refractivity contribution in [3.8, 4) is 0 Å². The summed E-state index contributed by atoms with van der Waals surface area (Å²) in [5.41, 5.74) is 0.514. The number of benzene rings is 1. The second kappa shape index (κ2) is 6.05. The highest BCUT2D eigenvalue weighted by atomic mass is 35.5. The molecule has 0 N–H and O–H groups in total. The lowest BCUT2D eigenvalue weighted by Gasteiger charge is -2.15. The molecule has 0 saturated carbocycles. The molecule has 0 aromatic heterocycles. The van der Waals surface area contributed by atoms with E-state index in [0.29, 0.717) is 12.3 Å². The first-order valence-corrected chi connectivity index (χ1v) is 6.74. The Balaban J connectivity index is 2.14. The van der Waals surface area contributed by atoms with Gasteiger partial charge in [-0.2, -0.15) is 0 Å². The zero-order chi connectivity index (χ0) is 14.7. The molecule has 0 radical (unpaired) electrons. The van der Waals surface area contributed by atoms with Gasteiger partial charge >= 0.3 is 5.97 Å². The Bertz CT molecular complexity index is 570. The van der Waals surface area contributed by atoms with Gasteiger partial charge in [-0.25, -0.2) is 0 Å². The van der Waals surface area contributed by atoms with Crippen LogP contribution in [0.2, 0.25) is 5.02 Å². The molecule has 0 atom stereocenters. The van der Waals surface area contributed by atoms with E-state index in [1.807, 2.05) is 6.92 Å². The van der Waals surface area contributed by atoms with Crippen molar-refractivity contribution in [2.45, 2.75) is 19.8 Å². The van der Waals surface area contributed by atoms with Gasteiger partial charge < -0.3 is 4.74 Å². The molecular weight excluding hydrogens is 282 g/mol. The van der Waals surface area contributed by atoms with Crippen molar-refractivity contribution >= 4 is 34.9 Å². The van der Waals surface area contributed by atoms with Crippen LogP contribution in [0.25, 0.3) is 0 Å². The van der Waals surface area contributed by atoms with E-state index in [1.54, 1.807) is 12.1 Å². The normalized spacial score (nSPS) is 13.6. The summed E-state index contributed by atoms with van der Waals surface area (Å²) in [5, 5.41) is 0.211. The molecule has 0 fully saturated rings. The molecule has 20 heavy (non-hydrogen) atoms. The predicted octanol–water partition coefficient (Wildman–Crippen LogP) is 2.21. The summed E-state index contributed by atoms with van der Waals surface area (Å²) in [7, 11) is 0. The lowest BCUT2D eigenvalue weighted by atomic mass is 10.1. The summed E-state index contributed by atoms with van der Waals surface area (Å²) in [4.78, 5) is 36.5. The molecule has 1 amide bonds. The summed E-state index contributed by atoms with van der Waals surface area (Å²) in [6.07, 6.45) is 1.67. The second-order valence-corrected chi connectivity index (χ2v) is 4.84. The largest absolute Gasteiger partial charge is 0.464 e. The van der Waals surface area contributed by atoms with Crippen LogP contribution in [0.1, 0.15) is 30.1 Å². The molecule has 0 spiro atoms. The Kier molecular flexibility index (Phi) is 4.39. The van der Waals surface area contributed by atoms with Crippen molar-refractivity contribution in [3.63, 3.8) is 0 Å². The fourth-order valence-electron chi connectivity index (χ4n) is 1.96. The number of esters is 1. The molecule has 0 unspecified atom stereocenters. The van der Waals surface area contributed by atoms with E-state index in [9.17, 15) is 14.4 Å². The second-order valence-electron chi connectivity index (χ2n) is 4.43. The fraction of sp³-hybridized carbons (Fsp3) is 0.357. The number of unbranched alkanes of at least 4 members (excludes halogenated alkanes) is 1. The summed E-state index contributed by atoms with van der Waals surface area (Å²) in [6, 6.07) is 4.75. The molecule has 6 heteroatoms. The third-order valence-corrected chi connectivity index (χ3v) is 3.31. The van der Waals surface area contributed by atoms with Crippen LogP contribution in [-0.2, 0) is 14.3 Å². The zero-order valence-electron chi connectivity index (χ0n) is 11.0. The Morgan fingerprint density at radius 1 is 1.35 bits per heavy atom. The number of ketones is 1. The lowest BCUT2D eigenvalue weighted by molar-refractivity contribution is -0.142. The number of hydrogen-bond acceptors (Lipinski definition) is 4. The van der Waals surface area contributed by atoms with Gasteiger partial charge in [-0.05, 0) is 18.6 Å². The fourth-order valence-corrected chi connectivity index (χ4v) is 2.22. The number of amides is 1. The van der Waals surface area contributed by atoms with Gasteiger partial charge in [0.15, 0.2) is 0 Å². The van der Waals surface area contributed by atoms with Gasteiger partial charge in [-0.15, -0.1) is 0 Å². The van der Waals surface area contributed by atoms with Crippen LogP contribution < -0.4 is 4.90 Å². The van der Waals surface area contributed by atoms with Gasteiger partial charge in [0.1, 0.15) is 6.54 Å². The third-order valence-electron chi connectivity index (χ3n) is 3.00. The molecule has 106 valence electrons. The van der Waals surface area contributed by atoms with E-state index in [2.05, 4.69) is 0 Å². The third kappa shape index (κ3) is 2.67. The van der Waals surface area contributed by atoms with Crippen molar-refractivity contribution in [2.24, 2.45) is 0 Å². The quantitative estimate of drug-likeness (QED) is 0.475. The number of fused-ring (bicyclic) bond motifs is 1. The van der Waals surface area contributed by atoms with Crippen LogP contribution >= 0.6 is 11.6 Å². The van der Waals surface area contributed by atoms with Crippen LogP contribution in [0.4, 0.5) is 5.69 Å². The topological polar surface area (TPSA) is 63.7 Å². The number of ether oxygens (including phenoxy) is 1. The van der Waals surface area contributed by atoms with E-state index in [4.69, 9.17) is 16.3 Å². The molecule has 2 rings (SSSR count). The van der Waals surface area contributed by atoms with E-state index in [0.717, 1.165) is 17.7 Å². The Hall–Kier alpha value is -1.88. The minimum absolute atomic E-state index is 0.153. The number of carbonyl (C=O) groups is 3. The molecular formula is C14H14ClNO4. The highest BCUT2D eigenvalue weighted by molar-refractivity contribution is 6.55. The van der Waals surface area contributed by atoms with Crippen LogP contribution in [0, 0.1) is 0 Å². The van der Waals surface area contributed by atoms with Crippen LogP contribution in [0.5, 0.6) is 0 Å². The van der Waals surface area contributed by atoms with Gasteiger partial charge in [-0.1, -0.05) is 31.0 Å². The number of anilines is 1. The van der Waals surface area contributed by atoms with Gasteiger partial charge in [0.2, 0.25) is 0 Å². The standard InChI is InChI=1S/C14H14ClNO4/c1-2-3-7-20-11(17)8-16-10-6-4-5-9(15)12(10)13(18)14(16)19/h4-6H,2-3,7-8H2,1H3. The molecule has 1 aromatic rings. The predicted molar refractivity (Wildman–Crippen MR) is 74.0 cm³/mol. The molecule has 1 aliphatic heterocycles. The zero-order valence-corrected chi connectivity index (χ0v) is 11.8. The first-order chi connectivity index (χ1) is 9.56. The lowest BCUT2D eigenvalue weighted by Crippen LogP contribution is -2.35. The Labute approximate surface area is 121 Å². The van der Waals surface area contributed by atoms with Crippen molar-refractivity contribution in [1.82, 2.24) is 0 Å². The summed E-state index contributed by atoms with van der Waals surface area (Å²) >= 11 is 5.92. The molecule has 1 aliphatic rings. The van der Waals surface area contributed by atoms with E-state index < -0.39 is 17.7 Å². The molecule has 1 aromatic carbocycles. The number of carbonyl (C=O) groups excluding carboxylic acids is 3. The Morgan fingerprint density at radius 3 is 2.80 bits per heavy atom. The van der Waals surface area contributed by atoms with Gasteiger partial charge in [-0.3, -0.25) is 19.3 Å². The minimum Gasteiger partial charge on any atom is -0.464 e. The van der Waals surface area contributed by atoms with Crippen molar-refractivity contribution in [1.29, 1.82) is 0 Å². The highest BCUT2D eigenvalue weighted by Crippen LogP contribution is 2.33. The number of Topliss-reactive ketones (excluding diaryl/α,β-unsaturated/α-hetero) is 1. The summed E-state index contributed by atoms with van der Waals surface area (Å²) in [6.45, 7) is 2.02. The molecule has 0 bridgehead atoms. The number of hydrogen-bond donors (Lipinski definition) is 0. The van der Waals surface area contributed by atoms with E-state index in [-0.39, 0.29) is 17.1 Å². The molecule has 1 heterocycles. The number of halogens is 1. The highest BCUT2D eigenvalue weighted by Gasteiger charge is 2.38. The van der Waals surface area contributed by atoms with Crippen LogP contribution in [0.15, 0.2) is 18.2 Å². The number of nitrogens with zero attached hydrogens (tertiary/aromatic N) is 1. The van der Waals surface area contributed by atoms with E-state index in [1.165, 1.54) is 6.07 Å². The Morgan fingerprint density at radius 2 is 2.10 bits per heavy atom. The molecule has 0 saturated heterocycles. The van der Waals surface area contributed by atoms with E-state index >= 15 is 0 Å². The van der Waals surface area contributed by atoms with Crippen molar-refractivity contribution in [3.05, 3.63) is 28.8 Å². The first kappa shape index (κ1) is 14.5.